The van der Waals surface area contributed by atoms with Crippen molar-refractivity contribution in [1.29, 1.82) is 0 Å². The summed E-state index contributed by atoms with van der Waals surface area (Å²) in [5, 5.41) is 21.1. The number of H-pyrrole nitrogens is 1. The Morgan fingerprint density at radius 2 is 1.73 bits per heavy atom. The Morgan fingerprint density at radius 3 is 2.36 bits per heavy atom. The molecule has 3 aromatic heterocycles. The Labute approximate surface area is 257 Å². The van der Waals surface area contributed by atoms with E-state index in [4.69, 9.17) is 9.72 Å². The Hall–Kier alpha value is -4.36. The van der Waals surface area contributed by atoms with Gasteiger partial charge in [-0.25, -0.2) is 9.31 Å². The van der Waals surface area contributed by atoms with Crippen molar-refractivity contribution in [3.8, 4) is 0 Å². The summed E-state index contributed by atoms with van der Waals surface area (Å²) < 4.78 is 7.13. The Morgan fingerprint density at radius 1 is 1.02 bits per heavy atom. The zero-order valence-electron chi connectivity index (χ0n) is 26.4. The number of aromatic amines is 1. The normalized spacial score (nSPS) is 19.5. The fourth-order valence-corrected chi connectivity index (χ4v) is 5.69. The number of amides is 3. The van der Waals surface area contributed by atoms with Crippen LogP contribution in [0.4, 0.5) is 22.4 Å². The van der Waals surface area contributed by atoms with Gasteiger partial charge in [-0.2, -0.15) is 10.1 Å². The highest BCUT2D eigenvalue weighted by atomic mass is 16.6. The molecule has 0 bridgehead atoms. The topological polar surface area (TPSA) is 162 Å². The van der Waals surface area contributed by atoms with Gasteiger partial charge in [0.05, 0.1) is 0 Å². The van der Waals surface area contributed by atoms with E-state index in [9.17, 15) is 14.4 Å². The summed E-state index contributed by atoms with van der Waals surface area (Å²) in [6, 6.07) is 5.73. The standard InChI is InChI=1S/C30H44N10O4/c1-19-18-23(36-35-19)32-24-22-8-7-13-40(22)37-27(33-24)39-16-14-38(15-17-39)26(42)30(5,6)34-25(41)20-9-11-21(12-10-20)31-28(43)44-29(2,3)4/h7-8,13,18,20-21H,9-12,14-17H2,1-6H3,(H,31,43)(H,34,41)(H2,32,33,35,36,37). The van der Waals surface area contributed by atoms with Crippen LogP contribution >= 0.6 is 0 Å². The molecule has 44 heavy (non-hydrogen) atoms. The van der Waals surface area contributed by atoms with E-state index in [0.29, 0.717) is 69.4 Å². The van der Waals surface area contributed by atoms with Crippen LogP contribution in [-0.4, -0.2) is 91.0 Å². The molecule has 238 valence electrons. The average molecular weight is 609 g/mol. The van der Waals surface area contributed by atoms with Crippen LogP contribution in [0, 0.1) is 12.8 Å². The number of alkyl carbamates (subject to hydrolysis) is 1. The lowest BCUT2D eigenvalue weighted by Gasteiger charge is -2.39. The molecule has 1 saturated heterocycles. The SMILES string of the molecule is Cc1cc(Nc2nc(N3CCN(C(=O)C(C)(C)NC(=O)C4CCC(NC(=O)OC(C)(C)C)CC4)CC3)nn3cccc23)n[nH]1. The van der Waals surface area contributed by atoms with Gasteiger partial charge in [0.15, 0.2) is 11.6 Å². The summed E-state index contributed by atoms with van der Waals surface area (Å²) in [6.07, 6.45) is 4.08. The molecule has 2 fully saturated rings. The van der Waals surface area contributed by atoms with Crippen molar-refractivity contribution in [3.63, 3.8) is 0 Å². The minimum Gasteiger partial charge on any atom is -0.444 e. The number of piperazine rings is 1. The largest absolute Gasteiger partial charge is 0.444 e. The summed E-state index contributed by atoms with van der Waals surface area (Å²) in [4.78, 5) is 47.5. The third-order valence-corrected chi connectivity index (χ3v) is 7.97. The van der Waals surface area contributed by atoms with Crippen molar-refractivity contribution < 1.29 is 19.1 Å². The van der Waals surface area contributed by atoms with Gasteiger partial charge in [0.1, 0.15) is 16.7 Å². The minimum absolute atomic E-state index is 0.0246. The van der Waals surface area contributed by atoms with Crippen LogP contribution in [0.2, 0.25) is 0 Å². The number of nitrogens with zero attached hydrogens (tertiary/aromatic N) is 6. The van der Waals surface area contributed by atoms with E-state index in [1.165, 1.54) is 0 Å². The maximum absolute atomic E-state index is 13.5. The highest BCUT2D eigenvalue weighted by molar-refractivity contribution is 5.91. The number of rotatable bonds is 7. The first-order chi connectivity index (χ1) is 20.8. The second-order valence-corrected chi connectivity index (χ2v) is 13.2. The van der Waals surface area contributed by atoms with Gasteiger partial charge in [-0.1, -0.05) is 0 Å². The van der Waals surface area contributed by atoms with Crippen molar-refractivity contribution >= 4 is 41.0 Å². The molecule has 3 aromatic rings. The van der Waals surface area contributed by atoms with Crippen molar-refractivity contribution in [2.24, 2.45) is 5.92 Å². The number of carbonyl (C=O) groups excluding carboxylic acids is 3. The van der Waals surface area contributed by atoms with Crippen molar-refractivity contribution in [1.82, 2.24) is 40.3 Å². The van der Waals surface area contributed by atoms with Crippen molar-refractivity contribution in [3.05, 3.63) is 30.1 Å². The molecule has 1 aliphatic carbocycles. The van der Waals surface area contributed by atoms with Crippen LogP contribution in [0.1, 0.15) is 66.0 Å². The number of aryl methyl sites for hydroxylation is 1. The Bertz CT molecular complexity index is 1490. The van der Waals surface area contributed by atoms with Gasteiger partial charge in [-0.15, -0.1) is 5.10 Å². The van der Waals surface area contributed by atoms with E-state index in [-0.39, 0.29) is 23.8 Å². The van der Waals surface area contributed by atoms with Gasteiger partial charge in [0.25, 0.3) is 0 Å². The summed E-state index contributed by atoms with van der Waals surface area (Å²) in [6.45, 7) is 13.0. The number of hydrogen-bond acceptors (Lipinski definition) is 9. The number of nitrogens with one attached hydrogen (secondary N) is 4. The smallest absolute Gasteiger partial charge is 0.407 e. The molecule has 0 atom stereocenters. The van der Waals surface area contributed by atoms with Gasteiger partial charge >= 0.3 is 6.09 Å². The Balaban J connectivity index is 1.13. The van der Waals surface area contributed by atoms with E-state index in [1.807, 2.05) is 52.1 Å². The highest BCUT2D eigenvalue weighted by Gasteiger charge is 2.38. The molecular formula is C30H44N10O4. The lowest BCUT2D eigenvalue weighted by Crippen LogP contribution is -2.60. The monoisotopic (exact) mass is 608 g/mol. The predicted octanol–water partition coefficient (Wildman–Crippen LogP) is 3.13. The van der Waals surface area contributed by atoms with Crippen molar-refractivity contribution in [2.75, 3.05) is 36.4 Å². The second kappa shape index (κ2) is 12.3. The first-order valence-corrected chi connectivity index (χ1v) is 15.3. The van der Waals surface area contributed by atoms with Gasteiger partial charge < -0.3 is 30.5 Å². The molecule has 0 aromatic carbocycles. The van der Waals surface area contributed by atoms with Crippen LogP contribution < -0.4 is 20.9 Å². The molecule has 4 N–H and O–H groups in total. The summed E-state index contributed by atoms with van der Waals surface area (Å²) in [5.41, 5.74) is 0.156. The number of anilines is 3. The number of carbonyl (C=O) groups is 3. The molecule has 14 heteroatoms. The van der Waals surface area contributed by atoms with E-state index in [0.717, 1.165) is 11.2 Å². The lowest BCUT2D eigenvalue weighted by molar-refractivity contribution is -0.142. The van der Waals surface area contributed by atoms with E-state index in [1.54, 1.807) is 23.3 Å². The molecule has 1 aliphatic heterocycles. The molecule has 3 amide bonds. The lowest BCUT2D eigenvalue weighted by atomic mass is 9.85. The van der Waals surface area contributed by atoms with Crippen LogP contribution in [-0.2, 0) is 14.3 Å². The predicted molar refractivity (Wildman–Crippen MR) is 166 cm³/mol. The average Bonchev–Trinajstić information content (AvgIpc) is 3.60. The van der Waals surface area contributed by atoms with Crippen LogP contribution in [0.25, 0.3) is 5.52 Å². The maximum atomic E-state index is 13.5. The van der Waals surface area contributed by atoms with Gasteiger partial charge in [0, 0.05) is 56.1 Å². The number of hydrogen-bond donors (Lipinski definition) is 4. The summed E-state index contributed by atoms with van der Waals surface area (Å²) in [7, 11) is 0. The highest BCUT2D eigenvalue weighted by Crippen LogP contribution is 2.27. The third kappa shape index (κ3) is 7.40. The molecule has 2 aliphatic rings. The first kappa shape index (κ1) is 31.1. The van der Waals surface area contributed by atoms with Gasteiger partial charge in [0.2, 0.25) is 17.8 Å². The number of aromatic nitrogens is 5. The number of ether oxygens (including phenoxy) is 1. The third-order valence-electron chi connectivity index (χ3n) is 7.97. The van der Waals surface area contributed by atoms with Crippen LogP contribution in [0.3, 0.4) is 0 Å². The molecule has 14 nitrogen and oxygen atoms in total. The molecule has 0 unspecified atom stereocenters. The summed E-state index contributed by atoms with van der Waals surface area (Å²) in [5.74, 6) is 1.41. The zero-order valence-corrected chi connectivity index (χ0v) is 26.4. The second-order valence-electron chi connectivity index (χ2n) is 13.2. The fraction of sp³-hybridized carbons (Fsp3) is 0.600. The molecule has 0 spiro atoms. The van der Waals surface area contributed by atoms with E-state index < -0.39 is 17.2 Å². The maximum Gasteiger partial charge on any atom is 0.407 e. The van der Waals surface area contributed by atoms with Crippen LogP contribution in [0.15, 0.2) is 24.4 Å². The van der Waals surface area contributed by atoms with E-state index >= 15 is 0 Å². The first-order valence-electron chi connectivity index (χ1n) is 15.3. The fourth-order valence-electron chi connectivity index (χ4n) is 5.69. The molecule has 0 radical (unpaired) electrons. The molecule has 5 rings (SSSR count). The van der Waals surface area contributed by atoms with E-state index in [2.05, 4.69) is 36.1 Å². The molecular weight excluding hydrogens is 564 g/mol. The Kier molecular flexibility index (Phi) is 8.71. The quantitative estimate of drug-likeness (QED) is 0.316. The number of fused-ring (bicyclic) bond motifs is 1. The van der Waals surface area contributed by atoms with Crippen molar-refractivity contribution in [2.45, 2.75) is 84.4 Å². The van der Waals surface area contributed by atoms with Gasteiger partial charge in [-0.3, -0.25) is 14.7 Å². The minimum atomic E-state index is -1.05. The summed E-state index contributed by atoms with van der Waals surface area (Å²) >= 11 is 0. The molecule has 4 heterocycles. The molecule has 1 saturated carbocycles. The van der Waals surface area contributed by atoms with Gasteiger partial charge in [-0.05, 0) is 79.4 Å². The van der Waals surface area contributed by atoms with Crippen LogP contribution in [0.5, 0.6) is 0 Å². The zero-order chi connectivity index (χ0) is 31.6.